The Morgan fingerprint density at radius 2 is 2.00 bits per heavy atom. The summed E-state index contributed by atoms with van der Waals surface area (Å²) < 4.78 is 24.3. The Hall–Kier alpha value is -0.620. The molecule has 0 aliphatic carbocycles. The molecule has 2 N–H and O–H groups in total. The highest BCUT2D eigenvalue weighted by atomic mass is 32.2. The molecule has 0 aromatic heterocycles. The standard InChI is InChI=1S/C10H20N2O3S/c1-2-16(14,15)12-10(13)4-3-9-5-7-11-8-6-9/h9,11H,2-8H2,1H3,(H,12,13). The fourth-order valence-electron chi connectivity index (χ4n) is 1.80. The Labute approximate surface area is 97.0 Å². The molecule has 1 aliphatic heterocycles. The van der Waals surface area contributed by atoms with Crippen LogP contribution in [0.5, 0.6) is 0 Å². The third kappa shape index (κ3) is 4.94. The van der Waals surface area contributed by atoms with Crippen molar-refractivity contribution in [3.05, 3.63) is 0 Å². The third-order valence-electron chi connectivity index (χ3n) is 2.89. The van der Waals surface area contributed by atoms with E-state index in [1.165, 1.54) is 6.92 Å². The minimum Gasteiger partial charge on any atom is -0.317 e. The summed E-state index contributed by atoms with van der Waals surface area (Å²) in [5.74, 6) is 0.128. The lowest BCUT2D eigenvalue weighted by Gasteiger charge is -2.22. The van der Waals surface area contributed by atoms with E-state index >= 15 is 0 Å². The van der Waals surface area contributed by atoms with Crippen molar-refractivity contribution < 1.29 is 13.2 Å². The van der Waals surface area contributed by atoms with Crippen LogP contribution in [-0.2, 0) is 14.8 Å². The predicted molar refractivity (Wildman–Crippen MR) is 62.4 cm³/mol. The summed E-state index contributed by atoms with van der Waals surface area (Å²) in [7, 11) is -3.38. The highest BCUT2D eigenvalue weighted by Gasteiger charge is 2.16. The van der Waals surface area contributed by atoms with Crippen molar-refractivity contribution in [3.8, 4) is 0 Å². The molecule has 0 bridgehead atoms. The first-order chi connectivity index (χ1) is 7.53. The summed E-state index contributed by atoms with van der Waals surface area (Å²) >= 11 is 0. The van der Waals surface area contributed by atoms with Crippen molar-refractivity contribution in [1.82, 2.24) is 10.0 Å². The van der Waals surface area contributed by atoms with E-state index in [1.807, 2.05) is 0 Å². The van der Waals surface area contributed by atoms with Crippen LogP contribution in [0.25, 0.3) is 0 Å². The van der Waals surface area contributed by atoms with E-state index in [4.69, 9.17) is 0 Å². The zero-order valence-electron chi connectivity index (χ0n) is 9.66. The van der Waals surface area contributed by atoms with Gasteiger partial charge in [0, 0.05) is 6.42 Å². The molecule has 16 heavy (non-hydrogen) atoms. The van der Waals surface area contributed by atoms with Crippen molar-refractivity contribution in [1.29, 1.82) is 0 Å². The lowest BCUT2D eigenvalue weighted by molar-refractivity contribution is -0.119. The van der Waals surface area contributed by atoms with Crippen molar-refractivity contribution in [2.75, 3.05) is 18.8 Å². The van der Waals surface area contributed by atoms with Gasteiger partial charge in [-0.3, -0.25) is 9.52 Å². The van der Waals surface area contributed by atoms with E-state index in [0.717, 1.165) is 32.4 Å². The van der Waals surface area contributed by atoms with E-state index in [2.05, 4.69) is 10.0 Å². The Balaban J connectivity index is 2.24. The molecule has 1 rings (SSSR count). The number of nitrogens with one attached hydrogen (secondary N) is 2. The van der Waals surface area contributed by atoms with E-state index in [0.29, 0.717) is 12.3 Å². The molecule has 6 heteroatoms. The number of amides is 1. The van der Waals surface area contributed by atoms with Crippen LogP contribution >= 0.6 is 0 Å². The molecule has 0 radical (unpaired) electrons. The van der Waals surface area contributed by atoms with Gasteiger partial charge in [0.15, 0.2) is 0 Å². The molecule has 1 amide bonds. The SMILES string of the molecule is CCS(=O)(=O)NC(=O)CCC1CCNCC1. The number of carbonyl (C=O) groups is 1. The first kappa shape index (κ1) is 13.4. The van der Waals surface area contributed by atoms with Gasteiger partial charge in [-0.05, 0) is 45.2 Å². The quantitative estimate of drug-likeness (QED) is 0.730. The summed E-state index contributed by atoms with van der Waals surface area (Å²) in [6, 6.07) is 0. The Kier molecular flexibility index (Phi) is 5.21. The van der Waals surface area contributed by atoms with Gasteiger partial charge in [-0.2, -0.15) is 0 Å². The van der Waals surface area contributed by atoms with Crippen LogP contribution in [0, 0.1) is 5.92 Å². The average Bonchev–Trinajstić information content (AvgIpc) is 2.27. The normalized spacial score (nSPS) is 18.3. The summed E-state index contributed by atoms with van der Waals surface area (Å²) in [5, 5.41) is 3.25. The van der Waals surface area contributed by atoms with Crippen LogP contribution in [0.1, 0.15) is 32.6 Å². The van der Waals surface area contributed by atoms with E-state index < -0.39 is 10.0 Å². The van der Waals surface area contributed by atoms with Crippen LogP contribution in [-0.4, -0.2) is 33.2 Å². The number of carbonyl (C=O) groups excluding carboxylic acids is 1. The molecule has 0 atom stereocenters. The highest BCUT2D eigenvalue weighted by molar-refractivity contribution is 7.90. The van der Waals surface area contributed by atoms with Gasteiger partial charge in [-0.25, -0.2) is 8.42 Å². The summed E-state index contributed by atoms with van der Waals surface area (Å²) in [5.41, 5.74) is 0. The van der Waals surface area contributed by atoms with Crippen LogP contribution in [0.15, 0.2) is 0 Å². The largest absolute Gasteiger partial charge is 0.317 e. The van der Waals surface area contributed by atoms with Gasteiger partial charge in [0.2, 0.25) is 15.9 Å². The summed E-state index contributed by atoms with van der Waals surface area (Å²) in [6.07, 6.45) is 3.25. The minimum absolute atomic E-state index is 0.0495. The second-order valence-electron chi connectivity index (χ2n) is 4.16. The lowest BCUT2D eigenvalue weighted by atomic mass is 9.93. The van der Waals surface area contributed by atoms with Crippen LogP contribution in [0.4, 0.5) is 0 Å². The maximum Gasteiger partial charge on any atom is 0.234 e. The van der Waals surface area contributed by atoms with Gasteiger partial charge in [0.05, 0.1) is 5.75 Å². The van der Waals surface area contributed by atoms with Crippen LogP contribution < -0.4 is 10.0 Å². The Morgan fingerprint density at radius 3 is 2.56 bits per heavy atom. The molecule has 0 unspecified atom stereocenters. The molecular weight excluding hydrogens is 228 g/mol. The second-order valence-corrected chi connectivity index (χ2v) is 6.17. The summed E-state index contributed by atoms with van der Waals surface area (Å²) in [4.78, 5) is 11.4. The number of hydrogen-bond acceptors (Lipinski definition) is 4. The van der Waals surface area contributed by atoms with Gasteiger partial charge >= 0.3 is 0 Å². The number of piperidine rings is 1. The Morgan fingerprint density at radius 1 is 1.38 bits per heavy atom. The lowest BCUT2D eigenvalue weighted by Crippen LogP contribution is -2.33. The van der Waals surface area contributed by atoms with Gasteiger partial charge in [0.25, 0.3) is 0 Å². The van der Waals surface area contributed by atoms with Gasteiger partial charge in [-0.15, -0.1) is 0 Å². The molecule has 0 spiro atoms. The molecule has 1 saturated heterocycles. The molecule has 5 nitrogen and oxygen atoms in total. The molecule has 0 saturated carbocycles. The van der Waals surface area contributed by atoms with Crippen molar-refractivity contribution in [2.24, 2.45) is 5.92 Å². The zero-order valence-corrected chi connectivity index (χ0v) is 10.5. The smallest absolute Gasteiger partial charge is 0.234 e. The first-order valence-electron chi connectivity index (χ1n) is 5.77. The van der Waals surface area contributed by atoms with Crippen molar-refractivity contribution in [2.45, 2.75) is 32.6 Å². The number of rotatable bonds is 5. The number of hydrogen-bond donors (Lipinski definition) is 2. The minimum atomic E-state index is -3.38. The maximum atomic E-state index is 11.4. The molecule has 0 aromatic carbocycles. The molecule has 1 aliphatic rings. The molecule has 94 valence electrons. The fraction of sp³-hybridized carbons (Fsp3) is 0.900. The topological polar surface area (TPSA) is 75.3 Å². The maximum absolute atomic E-state index is 11.4. The van der Waals surface area contributed by atoms with E-state index in [-0.39, 0.29) is 11.7 Å². The third-order valence-corrected chi connectivity index (χ3v) is 4.19. The molecule has 0 aromatic rings. The van der Waals surface area contributed by atoms with Crippen LogP contribution in [0.3, 0.4) is 0 Å². The van der Waals surface area contributed by atoms with Crippen LogP contribution in [0.2, 0.25) is 0 Å². The molecule has 1 fully saturated rings. The van der Waals surface area contributed by atoms with E-state index in [9.17, 15) is 13.2 Å². The van der Waals surface area contributed by atoms with Crippen molar-refractivity contribution >= 4 is 15.9 Å². The van der Waals surface area contributed by atoms with E-state index in [1.54, 1.807) is 0 Å². The fourth-order valence-corrected chi connectivity index (χ4v) is 2.40. The average molecular weight is 248 g/mol. The zero-order chi connectivity index (χ0) is 12.0. The Bertz CT molecular complexity index is 321. The first-order valence-corrected chi connectivity index (χ1v) is 7.43. The van der Waals surface area contributed by atoms with Gasteiger partial charge in [0.1, 0.15) is 0 Å². The predicted octanol–water partition coefficient (Wildman–Crippen LogP) is 0.232. The second kappa shape index (κ2) is 6.20. The highest BCUT2D eigenvalue weighted by Crippen LogP contribution is 2.17. The monoisotopic (exact) mass is 248 g/mol. The number of sulfonamides is 1. The van der Waals surface area contributed by atoms with Gasteiger partial charge < -0.3 is 5.32 Å². The molecule has 1 heterocycles. The summed E-state index contributed by atoms with van der Waals surface area (Å²) in [6.45, 7) is 3.52. The van der Waals surface area contributed by atoms with Gasteiger partial charge in [-0.1, -0.05) is 0 Å². The van der Waals surface area contributed by atoms with Crippen molar-refractivity contribution in [3.63, 3.8) is 0 Å². The molecular formula is C10H20N2O3S.